The van der Waals surface area contributed by atoms with Gasteiger partial charge in [-0.3, -0.25) is 4.79 Å². The normalized spacial score (nSPS) is 13.0. The van der Waals surface area contributed by atoms with Crippen LogP contribution in [0.1, 0.15) is 33.6 Å². The molecule has 78 valence electrons. The first-order chi connectivity index (χ1) is 6.21. The van der Waals surface area contributed by atoms with E-state index in [4.69, 9.17) is 4.74 Å². The van der Waals surface area contributed by atoms with Crippen LogP contribution in [0.3, 0.4) is 0 Å². The zero-order chi connectivity index (χ0) is 10.3. The van der Waals surface area contributed by atoms with E-state index in [1.54, 1.807) is 0 Å². The van der Waals surface area contributed by atoms with Crippen molar-refractivity contribution >= 4 is 5.97 Å². The van der Waals surface area contributed by atoms with Crippen molar-refractivity contribution in [2.45, 2.75) is 39.7 Å². The lowest BCUT2D eigenvalue weighted by atomic mass is 9.94. The molecule has 0 heterocycles. The summed E-state index contributed by atoms with van der Waals surface area (Å²) in [6, 6.07) is -0.134. The lowest BCUT2D eigenvalue weighted by molar-refractivity contribution is -0.144. The summed E-state index contributed by atoms with van der Waals surface area (Å²) in [4.78, 5) is 11.4. The van der Waals surface area contributed by atoms with Crippen LogP contribution in [0.5, 0.6) is 0 Å². The van der Waals surface area contributed by atoms with Crippen molar-refractivity contribution in [1.82, 2.24) is 5.32 Å². The third kappa shape index (κ3) is 3.77. The number of carbonyl (C=O) groups excluding carboxylic acids is 1. The molecule has 0 rings (SSSR count). The van der Waals surface area contributed by atoms with Crippen molar-refractivity contribution in [3.05, 3.63) is 0 Å². The van der Waals surface area contributed by atoms with Crippen molar-refractivity contribution in [1.29, 1.82) is 0 Å². The van der Waals surface area contributed by atoms with Gasteiger partial charge in [0.1, 0.15) is 6.04 Å². The van der Waals surface area contributed by atoms with E-state index < -0.39 is 0 Å². The fraction of sp³-hybridized carbons (Fsp3) is 0.900. The lowest BCUT2D eigenvalue weighted by Gasteiger charge is -2.23. The molecule has 0 spiro atoms. The van der Waals surface area contributed by atoms with E-state index in [1.807, 2.05) is 6.92 Å². The molecule has 3 heteroatoms. The van der Waals surface area contributed by atoms with Crippen LogP contribution in [0.15, 0.2) is 0 Å². The van der Waals surface area contributed by atoms with Gasteiger partial charge in [-0.15, -0.1) is 0 Å². The highest BCUT2D eigenvalue weighted by atomic mass is 16.5. The Kier molecular flexibility index (Phi) is 6.59. The fourth-order valence-corrected chi connectivity index (χ4v) is 1.55. The maximum absolute atomic E-state index is 11.4. The molecule has 0 aliphatic heterocycles. The second-order valence-corrected chi connectivity index (χ2v) is 3.14. The minimum absolute atomic E-state index is 0.134. The average Bonchev–Trinajstić information content (AvgIpc) is 2.17. The fourth-order valence-electron chi connectivity index (χ4n) is 1.55. The van der Waals surface area contributed by atoms with Gasteiger partial charge in [-0.1, -0.05) is 33.6 Å². The summed E-state index contributed by atoms with van der Waals surface area (Å²) in [7, 11) is 1.44. The van der Waals surface area contributed by atoms with Gasteiger partial charge in [0.05, 0.1) is 7.11 Å². The van der Waals surface area contributed by atoms with E-state index in [0.717, 1.165) is 19.4 Å². The highest BCUT2D eigenvalue weighted by Gasteiger charge is 2.25. The standard InChI is InChI=1S/C10H21NO2/c1-5-8(6-2)9(11-7-3)10(12)13-4/h8-9,11H,5-7H2,1-4H3. The average molecular weight is 187 g/mol. The summed E-state index contributed by atoms with van der Waals surface area (Å²) in [5, 5.41) is 3.16. The molecule has 0 aromatic carbocycles. The van der Waals surface area contributed by atoms with Crippen LogP contribution in [0.25, 0.3) is 0 Å². The zero-order valence-corrected chi connectivity index (χ0v) is 9.09. The van der Waals surface area contributed by atoms with Crippen LogP contribution < -0.4 is 5.32 Å². The van der Waals surface area contributed by atoms with E-state index in [9.17, 15) is 4.79 Å². The molecular formula is C10H21NO2. The topological polar surface area (TPSA) is 38.3 Å². The minimum atomic E-state index is -0.143. The molecule has 0 radical (unpaired) electrons. The predicted molar refractivity (Wildman–Crippen MR) is 53.6 cm³/mol. The number of esters is 1. The zero-order valence-electron chi connectivity index (χ0n) is 9.09. The predicted octanol–water partition coefficient (Wildman–Crippen LogP) is 1.57. The molecule has 1 unspecified atom stereocenters. The Balaban J connectivity index is 4.28. The maximum atomic E-state index is 11.4. The van der Waals surface area contributed by atoms with Crippen LogP contribution >= 0.6 is 0 Å². The Labute approximate surface area is 80.8 Å². The number of rotatable bonds is 6. The number of methoxy groups -OCH3 is 1. The molecule has 1 atom stereocenters. The molecule has 3 nitrogen and oxygen atoms in total. The molecule has 0 amide bonds. The molecule has 0 aromatic heterocycles. The van der Waals surface area contributed by atoms with E-state index in [2.05, 4.69) is 19.2 Å². The van der Waals surface area contributed by atoms with Crippen molar-refractivity contribution in [3.8, 4) is 0 Å². The monoisotopic (exact) mass is 187 g/mol. The van der Waals surface area contributed by atoms with Gasteiger partial charge < -0.3 is 10.1 Å². The Hall–Kier alpha value is -0.570. The molecule has 0 saturated heterocycles. The van der Waals surface area contributed by atoms with Crippen LogP contribution in [0.4, 0.5) is 0 Å². The molecular weight excluding hydrogens is 166 g/mol. The van der Waals surface area contributed by atoms with Crippen LogP contribution in [0.2, 0.25) is 0 Å². The summed E-state index contributed by atoms with van der Waals surface area (Å²) in [5.41, 5.74) is 0. The highest BCUT2D eigenvalue weighted by molar-refractivity contribution is 5.76. The smallest absolute Gasteiger partial charge is 0.323 e. The van der Waals surface area contributed by atoms with Crippen molar-refractivity contribution in [2.75, 3.05) is 13.7 Å². The van der Waals surface area contributed by atoms with Crippen LogP contribution in [-0.2, 0) is 9.53 Å². The highest BCUT2D eigenvalue weighted by Crippen LogP contribution is 2.14. The number of nitrogens with one attached hydrogen (secondary N) is 1. The van der Waals surface area contributed by atoms with Gasteiger partial charge in [0.2, 0.25) is 0 Å². The van der Waals surface area contributed by atoms with E-state index >= 15 is 0 Å². The Morgan fingerprint density at radius 2 is 1.85 bits per heavy atom. The number of hydrogen-bond acceptors (Lipinski definition) is 3. The van der Waals surface area contributed by atoms with Gasteiger partial charge in [0, 0.05) is 0 Å². The summed E-state index contributed by atoms with van der Waals surface area (Å²) < 4.78 is 4.75. The van der Waals surface area contributed by atoms with Crippen LogP contribution in [-0.4, -0.2) is 25.7 Å². The van der Waals surface area contributed by atoms with Crippen LogP contribution in [0, 0.1) is 5.92 Å². The number of likely N-dealkylation sites (N-methyl/N-ethyl adjacent to an activating group) is 1. The van der Waals surface area contributed by atoms with Gasteiger partial charge >= 0.3 is 5.97 Å². The second-order valence-electron chi connectivity index (χ2n) is 3.14. The van der Waals surface area contributed by atoms with E-state index in [0.29, 0.717) is 5.92 Å². The second kappa shape index (κ2) is 6.89. The Morgan fingerprint density at radius 1 is 1.31 bits per heavy atom. The summed E-state index contributed by atoms with van der Waals surface area (Å²) >= 11 is 0. The summed E-state index contributed by atoms with van der Waals surface area (Å²) in [6.45, 7) is 7.00. The third-order valence-corrected chi connectivity index (χ3v) is 2.40. The molecule has 0 aliphatic carbocycles. The number of hydrogen-bond donors (Lipinski definition) is 1. The Morgan fingerprint density at radius 3 is 2.15 bits per heavy atom. The number of carbonyl (C=O) groups is 1. The molecule has 0 aliphatic rings. The molecule has 1 N–H and O–H groups in total. The van der Waals surface area contributed by atoms with E-state index in [1.165, 1.54) is 7.11 Å². The summed E-state index contributed by atoms with van der Waals surface area (Å²) in [6.07, 6.45) is 2.01. The minimum Gasteiger partial charge on any atom is -0.468 e. The molecule has 13 heavy (non-hydrogen) atoms. The van der Waals surface area contributed by atoms with E-state index in [-0.39, 0.29) is 12.0 Å². The molecule has 0 saturated carbocycles. The SMILES string of the molecule is CCNC(C(=O)OC)C(CC)CC. The largest absolute Gasteiger partial charge is 0.468 e. The Bertz CT molecular complexity index is 144. The number of ether oxygens (including phenoxy) is 1. The first-order valence-corrected chi connectivity index (χ1v) is 5.02. The van der Waals surface area contributed by atoms with Crippen molar-refractivity contribution in [3.63, 3.8) is 0 Å². The summed E-state index contributed by atoms with van der Waals surface area (Å²) in [5.74, 6) is 0.239. The molecule has 0 fully saturated rings. The van der Waals surface area contributed by atoms with Crippen molar-refractivity contribution in [2.24, 2.45) is 5.92 Å². The van der Waals surface area contributed by atoms with Gasteiger partial charge in [-0.25, -0.2) is 0 Å². The molecule has 0 aromatic rings. The van der Waals surface area contributed by atoms with Gasteiger partial charge in [0.25, 0.3) is 0 Å². The first kappa shape index (κ1) is 12.4. The van der Waals surface area contributed by atoms with Gasteiger partial charge in [0.15, 0.2) is 0 Å². The third-order valence-electron chi connectivity index (χ3n) is 2.40. The lowest BCUT2D eigenvalue weighted by Crippen LogP contribution is -2.43. The maximum Gasteiger partial charge on any atom is 0.323 e. The first-order valence-electron chi connectivity index (χ1n) is 5.02. The van der Waals surface area contributed by atoms with Gasteiger partial charge in [-0.2, -0.15) is 0 Å². The quantitative estimate of drug-likeness (QED) is 0.641. The van der Waals surface area contributed by atoms with Crippen molar-refractivity contribution < 1.29 is 9.53 Å². The molecule has 0 bridgehead atoms. The van der Waals surface area contributed by atoms with Gasteiger partial charge in [-0.05, 0) is 12.5 Å².